The molecule has 1 aliphatic heterocycles. The van der Waals surface area contributed by atoms with Crippen molar-refractivity contribution < 1.29 is 9.69 Å². The number of nitrogens with one attached hydrogen (secondary N) is 1. The maximum atomic E-state index is 12.2. The molecular formula is C17H20N3OS+. The van der Waals surface area contributed by atoms with E-state index < -0.39 is 0 Å². The molecule has 0 saturated carbocycles. The predicted molar refractivity (Wildman–Crippen MR) is 88.6 cm³/mol. The van der Waals surface area contributed by atoms with Crippen molar-refractivity contribution in [3.05, 3.63) is 58.6 Å². The van der Waals surface area contributed by atoms with Gasteiger partial charge in [-0.2, -0.15) is 0 Å². The number of thiophene rings is 1. The fourth-order valence-electron chi connectivity index (χ4n) is 2.65. The third-order valence-electron chi connectivity index (χ3n) is 3.92. The van der Waals surface area contributed by atoms with E-state index in [1.807, 2.05) is 40.9 Å². The van der Waals surface area contributed by atoms with Gasteiger partial charge in [0, 0.05) is 28.9 Å². The van der Waals surface area contributed by atoms with E-state index in [4.69, 9.17) is 0 Å². The lowest BCUT2D eigenvalue weighted by Crippen LogP contribution is -3.13. The van der Waals surface area contributed by atoms with E-state index in [-0.39, 0.29) is 5.91 Å². The van der Waals surface area contributed by atoms with Crippen molar-refractivity contribution in [2.75, 3.05) is 26.2 Å². The van der Waals surface area contributed by atoms with Gasteiger partial charge in [0.1, 0.15) is 6.54 Å². The Morgan fingerprint density at radius 2 is 2.05 bits per heavy atom. The Balaban J connectivity index is 1.48. The van der Waals surface area contributed by atoms with Crippen LogP contribution in [0.5, 0.6) is 0 Å². The van der Waals surface area contributed by atoms with Gasteiger partial charge in [-0.15, -0.1) is 11.3 Å². The molecule has 3 rings (SSSR count). The van der Waals surface area contributed by atoms with E-state index in [1.165, 1.54) is 10.5 Å². The van der Waals surface area contributed by atoms with Crippen LogP contribution in [0, 0.1) is 0 Å². The number of hydrogen-bond donors (Lipinski definition) is 1. The minimum Gasteiger partial charge on any atom is -0.328 e. The summed E-state index contributed by atoms with van der Waals surface area (Å²) in [6, 6.07) is 8.14. The first-order valence-corrected chi connectivity index (χ1v) is 8.42. The predicted octanol–water partition coefficient (Wildman–Crippen LogP) is 1.08. The molecule has 114 valence electrons. The van der Waals surface area contributed by atoms with Crippen molar-refractivity contribution in [3.8, 4) is 0 Å². The zero-order valence-electron chi connectivity index (χ0n) is 12.4. The molecule has 1 fully saturated rings. The molecule has 5 heteroatoms. The first-order valence-electron chi connectivity index (χ1n) is 7.54. The number of quaternary nitrogens is 1. The molecule has 2 aromatic rings. The Bertz CT molecular complexity index is 617. The van der Waals surface area contributed by atoms with Crippen LogP contribution < -0.4 is 4.90 Å². The highest BCUT2D eigenvalue weighted by Crippen LogP contribution is 2.10. The van der Waals surface area contributed by atoms with Crippen LogP contribution >= 0.6 is 11.3 Å². The summed E-state index contributed by atoms with van der Waals surface area (Å²) in [6.45, 7) is 4.67. The first-order chi connectivity index (χ1) is 10.8. The van der Waals surface area contributed by atoms with E-state index in [0.29, 0.717) is 0 Å². The van der Waals surface area contributed by atoms with Crippen LogP contribution in [0.1, 0.15) is 10.4 Å². The van der Waals surface area contributed by atoms with Gasteiger partial charge >= 0.3 is 0 Å². The number of amides is 1. The van der Waals surface area contributed by atoms with E-state index in [9.17, 15) is 4.79 Å². The third kappa shape index (κ3) is 4.02. The van der Waals surface area contributed by atoms with Gasteiger partial charge in [-0.3, -0.25) is 9.78 Å². The molecule has 1 aliphatic rings. The second-order valence-corrected chi connectivity index (χ2v) is 6.44. The van der Waals surface area contributed by atoms with Gasteiger partial charge in [-0.1, -0.05) is 6.07 Å². The van der Waals surface area contributed by atoms with Gasteiger partial charge in [-0.05, 0) is 29.7 Å². The largest absolute Gasteiger partial charge is 0.328 e. The molecule has 4 nitrogen and oxygen atoms in total. The molecule has 0 aliphatic carbocycles. The molecule has 0 bridgehead atoms. The second-order valence-electron chi connectivity index (χ2n) is 5.46. The molecule has 0 aromatic carbocycles. The number of carbonyl (C=O) groups excluding carboxylic acids is 1. The van der Waals surface area contributed by atoms with E-state index in [2.05, 4.69) is 17.1 Å². The summed E-state index contributed by atoms with van der Waals surface area (Å²) in [7, 11) is 0. The quantitative estimate of drug-likeness (QED) is 0.858. The minimum atomic E-state index is 0.122. The Labute approximate surface area is 134 Å². The smallest absolute Gasteiger partial charge is 0.247 e. The number of nitrogens with zero attached hydrogens (tertiary/aromatic N) is 2. The average Bonchev–Trinajstić information content (AvgIpc) is 3.08. The summed E-state index contributed by atoms with van der Waals surface area (Å²) in [5.41, 5.74) is 1.31. The van der Waals surface area contributed by atoms with E-state index in [1.54, 1.807) is 17.4 Å². The number of pyridine rings is 1. The summed E-state index contributed by atoms with van der Waals surface area (Å²) < 4.78 is 0. The van der Waals surface area contributed by atoms with Gasteiger partial charge in [0.15, 0.2) is 0 Å². The second kappa shape index (κ2) is 7.33. The van der Waals surface area contributed by atoms with Gasteiger partial charge in [0.25, 0.3) is 0 Å². The summed E-state index contributed by atoms with van der Waals surface area (Å²) in [6.07, 6.45) is 7.27. The van der Waals surface area contributed by atoms with Crippen molar-refractivity contribution in [2.45, 2.75) is 6.54 Å². The van der Waals surface area contributed by atoms with Gasteiger partial charge < -0.3 is 9.80 Å². The molecule has 2 aromatic heterocycles. The highest BCUT2D eigenvalue weighted by molar-refractivity contribution is 7.10. The number of hydrogen-bond acceptors (Lipinski definition) is 3. The zero-order chi connectivity index (χ0) is 15.2. The molecule has 0 atom stereocenters. The normalized spacial score (nSPS) is 16.3. The standard InChI is InChI=1S/C17H19N3OS/c21-17(4-3-16-2-1-13-22-16)20-11-9-19(10-12-20)14-15-5-7-18-8-6-15/h1-8,13H,9-12,14H2/p+1/b4-3+. The highest BCUT2D eigenvalue weighted by Gasteiger charge is 2.22. The molecule has 22 heavy (non-hydrogen) atoms. The molecule has 1 N–H and O–H groups in total. The Hall–Kier alpha value is -1.98. The van der Waals surface area contributed by atoms with Gasteiger partial charge in [0.2, 0.25) is 5.91 Å². The summed E-state index contributed by atoms with van der Waals surface area (Å²) in [4.78, 5) is 20.8. The van der Waals surface area contributed by atoms with Crippen molar-refractivity contribution >= 4 is 23.3 Å². The number of carbonyl (C=O) groups is 1. The van der Waals surface area contributed by atoms with E-state index >= 15 is 0 Å². The average molecular weight is 314 g/mol. The summed E-state index contributed by atoms with van der Waals surface area (Å²) >= 11 is 1.65. The van der Waals surface area contributed by atoms with Gasteiger partial charge in [-0.25, -0.2) is 0 Å². The zero-order valence-corrected chi connectivity index (χ0v) is 13.3. The Morgan fingerprint density at radius 1 is 1.27 bits per heavy atom. The lowest BCUT2D eigenvalue weighted by molar-refractivity contribution is -0.917. The maximum absolute atomic E-state index is 12.2. The van der Waals surface area contributed by atoms with E-state index in [0.717, 1.165) is 37.6 Å². The topological polar surface area (TPSA) is 37.6 Å². The third-order valence-corrected chi connectivity index (χ3v) is 4.76. The summed E-state index contributed by atoms with van der Waals surface area (Å²) in [5.74, 6) is 0.122. The summed E-state index contributed by atoms with van der Waals surface area (Å²) in [5, 5.41) is 2.02. The molecular weight excluding hydrogens is 294 g/mol. The van der Waals surface area contributed by atoms with Crippen LogP contribution in [-0.4, -0.2) is 42.0 Å². The monoisotopic (exact) mass is 314 g/mol. The SMILES string of the molecule is O=C(/C=C/c1cccs1)N1CC[NH+](Cc2ccncc2)CC1. The molecule has 1 saturated heterocycles. The van der Waals surface area contributed by atoms with Crippen LogP contribution in [0.2, 0.25) is 0 Å². The lowest BCUT2D eigenvalue weighted by Gasteiger charge is -2.31. The van der Waals surface area contributed by atoms with Crippen LogP contribution in [0.25, 0.3) is 6.08 Å². The molecule has 0 spiro atoms. The minimum absolute atomic E-state index is 0.122. The lowest BCUT2D eigenvalue weighted by atomic mass is 10.2. The Kier molecular flexibility index (Phi) is 4.98. The molecule has 1 amide bonds. The van der Waals surface area contributed by atoms with Crippen molar-refractivity contribution in [1.29, 1.82) is 0 Å². The highest BCUT2D eigenvalue weighted by atomic mass is 32.1. The van der Waals surface area contributed by atoms with Crippen molar-refractivity contribution in [3.63, 3.8) is 0 Å². The number of aromatic nitrogens is 1. The van der Waals surface area contributed by atoms with Crippen molar-refractivity contribution in [1.82, 2.24) is 9.88 Å². The van der Waals surface area contributed by atoms with Crippen LogP contribution in [0.15, 0.2) is 48.1 Å². The fourth-order valence-corrected chi connectivity index (χ4v) is 3.27. The maximum Gasteiger partial charge on any atom is 0.247 e. The molecule has 3 heterocycles. The first kappa shape index (κ1) is 14.9. The Morgan fingerprint density at radius 3 is 2.73 bits per heavy atom. The molecule has 0 radical (unpaired) electrons. The number of piperazine rings is 1. The van der Waals surface area contributed by atoms with Gasteiger partial charge in [0.05, 0.1) is 26.2 Å². The number of rotatable bonds is 4. The van der Waals surface area contributed by atoms with Crippen LogP contribution in [-0.2, 0) is 11.3 Å². The van der Waals surface area contributed by atoms with Crippen LogP contribution in [0.3, 0.4) is 0 Å². The fraction of sp³-hybridized carbons (Fsp3) is 0.294. The van der Waals surface area contributed by atoms with Crippen LogP contribution in [0.4, 0.5) is 0 Å². The van der Waals surface area contributed by atoms with Crippen molar-refractivity contribution in [2.24, 2.45) is 0 Å². The molecule has 0 unspecified atom stereocenters.